The summed E-state index contributed by atoms with van der Waals surface area (Å²) in [6.45, 7) is 0. The van der Waals surface area contributed by atoms with Crippen LogP contribution in [0.25, 0.3) is 0 Å². The molecule has 0 fully saturated rings. The van der Waals surface area contributed by atoms with E-state index in [1.54, 1.807) is 0 Å². The number of isocyanates is 2. The molecule has 0 aliphatic carbocycles. The zero-order valence-electron chi connectivity index (χ0n) is 7.43. The Morgan fingerprint density at radius 3 is 2.40 bits per heavy atom. The first-order valence-electron chi connectivity index (χ1n) is 3.79. The highest BCUT2D eigenvalue weighted by Gasteiger charge is 2.11. The molecule has 2 N–H and O–H groups in total. The fourth-order valence-corrected chi connectivity index (χ4v) is 1.03. The maximum absolute atomic E-state index is 10.9. The topological polar surface area (TPSA) is 102 Å². The van der Waals surface area contributed by atoms with Gasteiger partial charge in [-0.1, -0.05) is 6.07 Å². The number of carbonyl (C=O) groups is 1. The van der Waals surface area contributed by atoms with E-state index in [2.05, 4.69) is 9.98 Å². The van der Waals surface area contributed by atoms with E-state index >= 15 is 0 Å². The third kappa shape index (κ3) is 2.22. The molecule has 0 aliphatic rings. The quantitative estimate of drug-likeness (QED) is 0.578. The van der Waals surface area contributed by atoms with Gasteiger partial charge < -0.3 is 5.73 Å². The Balaban J connectivity index is 3.54. The molecule has 1 rings (SSSR count). The zero-order valence-corrected chi connectivity index (χ0v) is 7.43. The second-order valence-electron chi connectivity index (χ2n) is 2.44. The lowest BCUT2D eigenvalue weighted by atomic mass is 10.1. The van der Waals surface area contributed by atoms with Gasteiger partial charge in [-0.2, -0.15) is 9.98 Å². The molecule has 0 unspecified atom stereocenters. The maximum Gasteiger partial charge on any atom is 0.251 e. The minimum atomic E-state index is -0.771. The number of nitrogens with zero attached hydrogens (tertiary/aromatic N) is 2. The summed E-state index contributed by atoms with van der Waals surface area (Å²) < 4.78 is 0. The Hall–Kier alpha value is -2.55. The van der Waals surface area contributed by atoms with Crippen molar-refractivity contribution in [2.75, 3.05) is 0 Å². The normalized spacial score (nSPS) is 8.53. The van der Waals surface area contributed by atoms with E-state index in [9.17, 15) is 14.4 Å². The van der Waals surface area contributed by atoms with Crippen molar-refractivity contribution in [1.82, 2.24) is 0 Å². The van der Waals surface area contributed by atoms with Crippen molar-refractivity contribution in [1.29, 1.82) is 0 Å². The van der Waals surface area contributed by atoms with E-state index in [1.807, 2.05) is 0 Å². The fraction of sp³-hybridized carbons (Fsp3) is 0. The van der Waals surface area contributed by atoms with E-state index in [1.165, 1.54) is 30.4 Å². The summed E-state index contributed by atoms with van der Waals surface area (Å²) in [4.78, 5) is 37.7. The van der Waals surface area contributed by atoms with Crippen molar-refractivity contribution in [3.63, 3.8) is 0 Å². The number of para-hydroxylation sites is 1. The van der Waals surface area contributed by atoms with E-state index in [0.29, 0.717) is 0 Å². The van der Waals surface area contributed by atoms with Crippen molar-refractivity contribution >= 4 is 29.4 Å². The third-order valence-electron chi connectivity index (χ3n) is 1.60. The van der Waals surface area contributed by atoms with Crippen molar-refractivity contribution in [2.24, 2.45) is 15.7 Å². The first-order chi connectivity index (χ1) is 7.20. The first-order valence-corrected chi connectivity index (χ1v) is 3.79. The van der Waals surface area contributed by atoms with Gasteiger partial charge in [-0.15, -0.1) is 0 Å². The number of hydrogen-bond acceptors (Lipinski definition) is 5. The predicted molar refractivity (Wildman–Crippen MR) is 50.5 cm³/mol. The van der Waals surface area contributed by atoms with Crippen LogP contribution >= 0.6 is 0 Å². The van der Waals surface area contributed by atoms with Crippen LogP contribution in [0.2, 0.25) is 0 Å². The third-order valence-corrected chi connectivity index (χ3v) is 1.60. The predicted octanol–water partition coefficient (Wildman–Crippen LogP) is 0.720. The molecule has 6 nitrogen and oxygen atoms in total. The molecule has 0 aromatic heterocycles. The van der Waals surface area contributed by atoms with Crippen LogP contribution in [0.1, 0.15) is 10.4 Å². The lowest BCUT2D eigenvalue weighted by Crippen LogP contribution is -2.10. The SMILES string of the molecule is NC(=O)c1cccc(N=C=O)c1N=C=O. The molecular formula is C9H5N3O3. The number of primary amides is 1. The van der Waals surface area contributed by atoms with Gasteiger partial charge in [0, 0.05) is 0 Å². The van der Waals surface area contributed by atoms with E-state index in [-0.39, 0.29) is 16.9 Å². The number of aliphatic imine (C=N–C) groups is 2. The molecule has 0 radical (unpaired) electrons. The molecule has 0 atom stereocenters. The molecule has 1 aromatic carbocycles. The van der Waals surface area contributed by atoms with Crippen LogP contribution in [-0.4, -0.2) is 18.1 Å². The second-order valence-corrected chi connectivity index (χ2v) is 2.44. The van der Waals surface area contributed by atoms with Gasteiger partial charge in [0.05, 0.1) is 5.56 Å². The van der Waals surface area contributed by atoms with Crippen molar-refractivity contribution in [3.8, 4) is 0 Å². The minimum Gasteiger partial charge on any atom is -0.366 e. The van der Waals surface area contributed by atoms with Crippen LogP contribution in [-0.2, 0) is 9.59 Å². The highest BCUT2D eigenvalue weighted by Crippen LogP contribution is 2.30. The highest BCUT2D eigenvalue weighted by atomic mass is 16.1. The van der Waals surface area contributed by atoms with Crippen LogP contribution < -0.4 is 5.73 Å². The molecule has 0 aliphatic heterocycles. The monoisotopic (exact) mass is 203 g/mol. The molecule has 0 spiro atoms. The highest BCUT2D eigenvalue weighted by molar-refractivity contribution is 6.00. The van der Waals surface area contributed by atoms with Crippen LogP contribution in [0.3, 0.4) is 0 Å². The molecule has 1 amide bonds. The van der Waals surface area contributed by atoms with Crippen LogP contribution in [0.5, 0.6) is 0 Å². The van der Waals surface area contributed by atoms with Gasteiger partial charge in [0.2, 0.25) is 12.2 Å². The van der Waals surface area contributed by atoms with Crippen LogP contribution in [0, 0.1) is 0 Å². The van der Waals surface area contributed by atoms with Gasteiger partial charge in [-0.3, -0.25) is 4.79 Å². The summed E-state index contributed by atoms with van der Waals surface area (Å²) in [6, 6.07) is 4.22. The smallest absolute Gasteiger partial charge is 0.251 e. The molecular weight excluding hydrogens is 198 g/mol. The average molecular weight is 203 g/mol. The Morgan fingerprint density at radius 2 is 1.87 bits per heavy atom. The minimum absolute atomic E-state index is 0.00477. The molecule has 6 heteroatoms. The number of hydrogen-bond donors (Lipinski definition) is 1. The van der Waals surface area contributed by atoms with Gasteiger partial charge in [-0.25, -0.2) is 9.59 Å². The van der Waals surface area contributed by atoms with E-state index in [4.69, 9.17) is 5.73 Å². The number of nitrogens with two attached hydrogens (primary N) is 1. The lowest BCUT2D eigenvalue weighted by molar-refractivity contribution is 0.100. The van der Waals surface area contributed by atoms with Gasteiger partial charge in [-0.05, 0) is 12.1 Å². The average Bonchev–Trinajstić information content (AvgIpc) is 2.21. The Kier molecular flexibility index (Phi) is 3.24. The fourth-order valence-electron chi connectivity index (χ4n) is 1.03. The van der Waals surface area contributed by atoms with Crippen molar-refractivity contribution in [3.05, 3.63) is 23.8 Å². The first kappa shape index (κ1) is 10.5. The number of carbonyl (C=O) groups excluding carboxylic acids is 3. The Labute approximate surface area is 84.1 Å². The zero-order chi connectivity index (χ0) is 11.3. The molecule has 1 aromatic rings. The number of rotatable bonds is 3. The molecule has 74 valence electrons. The largest absolute Gasteiger partial charge is 0.366 e. The van der Waals surface area contributed by atoms with Gasteiger partial charge in [0.1, 0.15) is 11.4 Å². The Bertz CT molecular complexity index is 477. The van der Waals surface area contributed by atoms with Crippen molar-refractivity contribution < 1.29 is 14.4 Å². The molecule has 0 saturated heterocycles. The standard InChI is InChI=1S/C9H5N3O3/c10-9(15)6-2-1-3-7(11-4-13)8(6)12-5-14/h1-3H,(H2,10,15). The summed E-state index contributed by atoms with van der Waals surface area (Å²) in [6.07, 6.45) is 2.54. The van der Waals surface area contributed by atoms with Crippen molar-refractivity contribution in [2.45, 2.75) is 0 Å². The molecule has 0 heterocycles. The molecule has 15 heavy (non-hydrogen) atoms. The number of amides is 1. The summed E-state index contributed by atoms with van der Waals surface area (Å²) in [5.74, 6) is -0.771. The van der Waals surface area contributed by atoms with E-state index in [0.717, 1.165) is 0 Å². The van der Waals surface area contributed by atoms with Gasteiger partial charge >= 0.3 is 0 Å². The number of benzene rings is 1. The lowest BCUT2D eigenvalue weighted by Gasteiger charge is -2.01. The maximum atomic E-state index is 10.9. The van der Waals surface area contributed by atoms with Crippen LogP contribution in [0.4, 0.5) is 11.4 Å². The molecule has 0 bridgehead atoms. The van der Waals surface area contributed by atoms with Crippen LogP contribution in [0.15, 0.2) is 28.2 Å². The van der Waals surface area contributed by atoms with Gasteiger partial charge in [0.25, 0.3) is 5.91 Å². The summed E-state index contributed by atoms with van der Waals surface area (Å²) in [5, 5.41) is 0. The molecule has 0 saturated carbocycles. The second kappa shape index (κ2) is 4.62. The summed E-state index contributed by atoms with van der Waals surface area (Å²) >= 11 is 0. The Morgan fingerprint density at radius 1 is 1.20 bits per heavy atom. The summed E-state index contributed by atoms with van der Waals surface area (Å²) in [5.41, 5.74) is 5.00. The summed E-state index contributed by atoms with van der Waals surface area (Å²) in [7, 11) is 0. The van der Waals surface area contributed by atoms with E-state index < -0.39 is 5.91 Å². The van der Waals surface area contributed by atoms with Gasteiger partial charge in [0.15, 0.2) is 0 Å².